The van der Waals surface area contributed by atoms with Crippen molar-refractivity contribution in [3.63, 3.8) is 0 Å². The Hall–Kier alpha value is -0.380. The molecule has 0 bridgehead atoms. The van der Waals surface area contributed by atoms with Crippen molar-refractivity contribution in [1.29, 1.82) is 0 Å². The van der Waals surface area contributed by atoms with Crippen molar-refractivity contribution in [3.8, 4) is 0 Å². The van der Waals surface area contributed by atoms with Crippen molar-refractivity contribution in [2.24, 2.45) is 5.92 Å². The molecule has 0 amide bonds. The minimum atomic E-state index is 0.530. The Morgan fingerprint density at radius 3 is 3.07 bits per heavy atom. The third kappa shape index (κ3) is 3.30. The van der Waals surface area contributed by atoms with Gasteiger partial charge in [-0.25, -0.2) is 0 Å². The number of hydrogen-bond acceptors (Lipinski definition) is 3. The van der Waals surface area contributed by atoms with Crippen molar-refractivity contribution in [1.82, 2.24) is 5.32 Å². The van der Waals surface area contributed by atoms with E-state index in [1.165, 1.54) is 18.4 Å². The average Bonchev–Trinajstić information content (AvgIpc) is 2.66. The first-order chi connectivity index (χ1) is 7.38. The molecule has 1 aromatic heterocycles. The van der Waals surface area contributed by atoms with Crippen LogP contribution in [0.15, 0.2) is 16.8 Å². The Labute approximate surface area is 95.6 Å². The van der Waals surface area contributed by atoms with Crippen LogP contribution in [-0.4, -0.2) is 26.3 Å². The minimum absolute atomic E-state index is 0.530. The van der Waals surface area contributed by atoms with Gasteiger partial charge in [0.25, 0.3) is 0 Å². The SMILES string of the molecule is CNCC1CC(OCCc2ccsc2)C1. The van der Waals surface area contributed by atoms with Crippen molar-refractivity contribution >= 4 is 11.3 Å². The first kappa shape index (κ1) is 11.1. The molecule has 0 atom stereocenters. The van der Waals surface area contributed by atoms with Gasteiger partial charge in [-0.3, -0.25) is 0 Å². The van der Waals surface area contributed by atoms with E-state index >= 15 is 0 Å². The summed E-state index contributed by atoms with van der Waals surface area (Å²) in [6, 6.07) is 2.18. The fraction of sp³-hybridized carbons (Fsp3) is 0.667. The summed E-state index contributed by atoms with van der Waals surface area (Å²) in [7, 11) is 2.02. The highest BCUT2D eigenvalue weighted by Gasteiger charge is 2.28. The van der Waals surface area contributed by atoms with Crippen molar-refractivity contribution < 1.29 is 4.74 Å². The van der Waals surface area contributed by atoms with Crippen LogP contribution in [-0.2, 0) is 11.2 Å². The lowest BCUT2D eigenvalue weighted by molar-refractivity contribution is -0.0279. The number of ether oxygens (including phenoxy) is 1. The predicted molar refractivity (Wildman–Crippen MR) is 64.4 cm³/mol. The van der Waals surface area contributed by atoms with Gasteiger partial charge >= 0.3 is 0 Å². The number of rotatable bonds is 6. The number of nitrogens with one attached hydrogen (secondary N) is 1. The number of hydrogen-bond donors (Lipinski definition) is 1. The molecule has 0 saturated heterocycles. The lowest BCUT2D eigenvalue weighted by Gasteiger charge is -2.35. The molecule has 0 spiro atoms. The summed E-state index contributed by atoms with van der Waals surface area (Å²) in [5, 5.41) is 7.54. The van der Waals surface area contributed by atoms with E-state index in [1.807, 2.05) is 7.05 Å². The molecule has 1 N–H and O–H groups in total. The van der Waals surface area contributed by atoms with Crippen LogP contribution < -0.4 is 5.32 Å². The Morgan fingerprint density at radius 2 is 2.40 bits per heavy atom. The van der Waals surface area contributed by atoms with E-state index in [0.29, 0.717) is 6.10 Å². The molecule has 1 saturated carbocycles. The zero-order valence-corrected chi connectivity index (χ0v) is 10.1. The molecule has 15 heavy (non-hydrogen) atoms. The normalized spacial score (nSPS) is 25.1. The zero-order valence-electron chi connectivity index (χ0n) is 9.24. The molecule has 84 valence electrons. The van der Waals surface area contributed by atoms with E-state index in [1.54, 1.807) is 11.3 Å². The van der Waals surface area contributed by atoms with Gasteiger partial charge in [-0.15, -0.1) is 0 Å². The van der Waals surface area contributed by atoms with Crippen LogP contribution in [0.4, 0.5) is 0 Å². The predicted octanol–water partition coefficient (Wildman–Crippen LogP) is 2.31. The largest absolute Gasteiger partial charge is 0.378 e. The van der Waals surface area contributed by atoms with Gasteiger partial charge in [-0.05, 0) is 61.2 Å². The fourth-order valence-electron chi connectivity index (χ4n) is 2.04. The molecule has 1 aromatic rings. The molecule has 1 fully saturated rings. The first-order valence-corrected chi connectivity index (χ1v) is 6.60. The second kappa shape index (κ2) is 5.64. The molecule has 0 aliphatic heterocycles. The van der Waals surface area contributed by atoms with Gasteiger partial charge in [0.1, 0.15) is 0 Å². The molecule has 3 heteroatoms. The molecule has 1 heterocycles. The van der Waals surface area contributed by atoms with Gasteiger partial charge in [0.15, 0.2) is 0 Å². The second-order valence-electron chi connectivity index (χ2n) is 4.27. The Morgan fingerprint density at radius 1 is 1.53 bits per heavy atom. The van der Waals surface area contributed by atoms with Crippen LogP contribution in [0, 0.1) is 5.92 Å². The van der Waals surface area contributed by atoms with Gasteiger partial charge in [0.2, 0.25) is 0 Å². The van der Waals surface area contributed by atoms with Crippen LogP contribution in [0.5, 0.6) is 0 Å². The van der Waals surface area contributed by atoms with Crippen LogP contribution in [0.2, 0.25) is 0 Å². The third-order valence-corrected chi connectivity index (χ3v) is 3.74. The van der Waals surface area contributed by atoms with Crippen LogP contribution in [0.25, 0.3) is 0 Å². The highest BCUT2D eigenvalue weighted by atomic mass is 32.1. The Kier molecular flexibility index (Phi) is 4.18. The summed E-state index contributed by atoms with van der Waals surface area (Å²) < 4.78 is 5.80. The van der Waals surface area contributed by atoms with Crippen LogP contribution in [0.3, 0.4) is 0 Å². The third-order valence-electron chi connectivity index (χ3n) is 3.01. The number of thiophene rings is 1. The van der Waals surface area contributed by atoms with E-state index in [-0.39, 0.29) is 0 Å². The quantitative estimate of drug-likeness (QED) is 0.802. The van der Waals surface area contributed by atoms with Gasteiger partial charge in [-0.1, -0.05) is 0 Å². The Bertz CT molecular complexity index is 267. The second-order valence-corrected chi connectivity index (χ2v) is 5.05. The maximum absolute atomic E-state index is 5.80. The van der Waals surface area contributed by atoms with Gasteiger partial charge < -0.3 is 10.1 Å². The lowest BCUT2D eigenvalue weighted by Crippen LogP contribution is -2.37. The Balaban J connectivity index is 1.53. The molecule has 0 radical (unpaired) electrons. The zero-order chi connectivity index (χ0) is 10.5. The summed E-state index contributed by atoms with van der Waals surface area (Å²) in [6.07, 6.45) is 4.08. The lowest BCUT2D eigenvalue weighted by atomic mass is 9.82. The maximum Gasteiger partial charge on any atom is 0.0581 e. The summed E-state index contributed by atoms with van der Waals surface area (Å²) in [6.45, 7) is 2.03. The van der Waals surface area contributed by atoms with E-state index in [4.69, 9.17) is 4.74 Å². The van der Waals surface area contributed by atoms with Crippen LogP contribution in [0.1, 0.15) is 18.4 Å². The molecular formula is C12H19NOS. The van der Waals surface area contributed by atoms with Crippen molar-refractivity contribution in [2.45, 2.75) is 25.4 Å². The topological polar surface area (TPSA) is 21.3 Å². The fourth-order valence-corrected chi connectivity index (χ4v) is 2.75. The van der Waals surface area contributed by atoms with Crippen molar-refractivity contribution in [2.75, 3.05) is 20.2 Å². The summed E-state index contributed by atoms with van der Waals surface area (Å²) in [4.78, 5) is 0. The van der Waals surface area contributed by atoms with Gasteiger partial charge in [0, 0.05) is 0 Å². The molecule has 2 rings (SSSR count). The summed E-state index contributed by atoms with van der Waals surface area (Å²) in [5.74, 6) is 0.848. The summed E-state index contributed by atoms with van der Waals surface area (Å²) >= 11 is 1.76. The minimum Gasteiger partial charge on any atom is -0.378 e. The highest BCUT2D eigenvalue weighted by Crippen LogP contribution is 2.29. The first-order valence-electron chi connectivity index (χ1n) is 5.65. The molecular weight excluding hydrogens is 206 g/mol. The van der Waals surface area contributed by atoms with Crippen molar-refractivity contribution in [3.05, 3.63) is 22.4 Å². The molecule has 1 aliphatic carbocycles. The standard InChI is InChI=1S/C12H19NOS/c1-13-8-11-6-12(7-11)14-4-2-10-3-5-15-9-10/h3,5,9,11-13H,2,4,6-8H2,1H3. The highest BCUT2D eigenvalue weighted by molar-refractivity contribution is 7.07. The van der Waals surface area contributed by atoms with Gasteiger partial charge in [0.05, 0.1) is 12.7 Å². The van der Waals surface area contributed by atoms with Crippen LogP contribution >= 0.6 is 11.3 Å². The van der Waals surface area contributed by atoms with Gasteiger partial charge in [-0.2, -0.15) is 11.3 Å². The maximum atomic E-state index is 5.80. The van der Waals surface area contributed by atoms with E-state index in [0.717, 1.165) is 25.5 Å². The molecule has 0 aromatic carbocycles. The smallest absolute Gasteiger partial charge is 0.0581 e. The van der Waals surface area contributed by atoms with E-state index in [2.05, 4.69) is 22.1 Å². The molecule has 0 unspecified atom stereocenters. The molecule has 1 aliphatic rings. The molecule has 2 nitrogen and oxygen atoms in total. The summed E-state index contributed by atoms with van der Waals surface area (Å²) in [5.41, 5.74) is 1.41. The monoisotopic (exact) mass is 225 g/mol. The van der Waals surface area contributed by atoms with E-state index < -0.39 is 0 Å². The van der Waals surface area contributed by atoms with E-state index in [9.17, 15) is 0 Å². The average molecular weight is 225 g/mol.